The number of nitrogens with zero attached hydrogens (tertiary/aromatic N) is 1. The first-order valence-electron chi connectivity index (χ1n) is 7.22. The summed E-state index contributed by atoms with van der Waals surface area (Å²) < 4.78 is 10.9. The molecule has 1 aliphatic rings. The molecule has 0 radical (unpaired) electrons. The van der Waals surface area contributed by atoms with E-state index in [9.17, 15) is 0 Å². The summed E-state index contributed by atoms with van der Waals surface area (Å²) in [5, 5.41) is 3.47. The van der Waals surface area contributed by atoms with Gasteiger partial charge in [-0.2, -0.15) is 0 Å². The Balaban J connectivity index is 1.63. The van der Waals surface area contributed by atoms with Crippen LogP contribution < -0.4 is 5.32 Å². The summed E-state index contributed by atoms with van der Waals surface area (Å²) in [7, 11) is 0. The van der Waals surface area contributed by atoms with Crippen molar-refractivity contribution in [2.45, 2.75) is 45.4 Å². The monoisotopic (exact) mass is 264 g/mol. The van der Waals surface area contributed by atoms with E-state index >= 15 is 0 Å². The van der Waals surface area contributed by atoms with Gasteiger partial charge in [-0.15, -0.1) is 0 Å². The lowest BCUT2D eigenvalue weighted by atomic mass is 10.3. The van der Waals surface area contributed by atoms with Crippen LogP contribution in [0.25, 0.3) is 0 Å². The molecule has 1 fully saturated rings. The second-order valence-electron chi connectivity index (χ2n) is 4.94. The van der Waals surface area contributed by atoms with E-state index in [0.29, 0.717) is 19.8 Å². The highest BCUT2D eigenvalue weighted by atomic mass is 16.5. The zero-order valence-corrected chi connectivity index (χ0v) is 11.7. The van der Waals surface area contributed by atoms with E-state index in [1.54, 1.807) is 0 Å². The first kappa shape index (κ1) is 14.4. The lowest BCUT2D eigenvalue weighted by molar-refractivity contribution is 0.0397. The van der Waals surface area contributed by atoms with Crippen LogP contribution in [0.15, 0.2) is 18.2 Å². The van der Waals surface area contributed by atoms with Gasteiger partial charge in [0.1, 0.15) is 0 Å². The van der Waals surface area contributed by atoms with Crippen LogP contribution in [0.1, 0.15) is 37.6 Å². The summed E-state index contributed by atoms with van der Waals surface area (Å²) in [5.41, 5.74) is 2.08. The first-order chi connectivity index (χ1) is 9.38. The highest BCUT2D eigenvalue weighted by Crippen LogP contribution is 2.19. The summed E-state index contributed by atoms with van der Waals surface area (Å²) in [6.45, 7) is 5.63. The summed E-state index contributed by atoms with van der Waals surface area (Å²) >= 11 is 0. The smallest absolute Gasteiger partial charge is 0.0889 e. The number of nitrogens with one attached hydrogen (secondary N) is 1. The molecule has 1 saturated carbocycles. The van der Waals surface area contributed by atoms with Gasteiger partial charge >= 0.3 is 0 Å². The van der Waals surface area contributed by atoms with Crippen molar-refractivity contribution in [2.75, 3.05) is 19.8 Å². The van der Waals surface area contributed by atoms with Gasteiger partial charge in [-0.05, 0) is 31.4 Å². The van der Waals surface area contributed by atoms with E-state index in [2.05, 4.69) is 23.3 Å². The molecule has 0 spiro atoms. The Kier molecular flexibility index (Phi) is 6.27. The molecule has 2 rings (SSSR count). The minimum Gasteiger partial charge on any atom is -0.379 e. The van der Waals surface area contributed by atoms with Gasteiger partial charge in [0.05, 0.1) is 31.2 Å². The van der Waals surface area contributed by atoms with Gasteiger partial charge in [0.25, 0.3) is 0 Å². The van der Waals surface area contributed by atoms with Crippen LogP contribution in [0, 0.1) is 0 Å². The highest BCUT2D eigenvalue weighted by Gasteiger charge is 2.20. The fourth-order valence-corrected chi connectivity index (χ4v) is 1.79. The number of rotatable bonds is 10. The molecular formula is C15H24N2O2. The van der Waals surface area contributed by atoms with E-state index < -0.39 is 0 Å². The van der Waals surface area contributed by atoms with Crippen LogP contribution in [0.3, 0.4) is 0 Å². The average molecular weight is 264 g/mol. The minimum absolute atomic E-state index is 0.562. The number of hydrogen-bond acceptors (Lipinski definition) is 4. The zero-order valence-electron chi connectivity index (χ0n) is 11.7. The topological polar surface area (TPSA) is 43.4 Å². The zero-order chi connectivity index (χ0) is 13.3. The van der Waals surface area contributed by atoms with Crippen molar-refractivity contribution in [1.82, 2.24) is 10.3 Å². The summed E-state index contributed by atoms with van der Waals surface area (Å²) in [5.74, 6) is 0. The third-order valence-electron chi connectivity index (χ3n) is 2.98. The van der Waals surface area contributed by atoms with E-state index in [0.717, 1.165) is 37.0 Å². The Morgan fingerprint density at radius 2 is 1.95 bits per heavy atom. The first-order valence-corrected chi connectivity index (χ1v) is 7.22. The van der Waals surface area contributed by atoms with E-state index in [4.69, 9.17) is 9.47 Å². The number of ether oxygens (including phenoxy) is 2. The van der Waals surface area contributed by atoms with Crippen molar-refractivity contribution in [2.24, 2.45) is 0 Å². The molecule has 19 heavy (non-hydrogen) atoms. The summed E-state index contributed by atoms with van der Waals surface area (Å²) in [6, 6.07) is 6.83. The molecule has 1 aromatic heterocycles. The molecule has 0 atom stereocenters. The maximum absolute atomic E-state index is 5.55. The average Bonchev–Trinajstić information content (AvgIpc) is 3.25. The van der Waals surface area contributed by atoms with Crippen LogP contribution in [-0.4, -0.2) is 30.8 Å². The van der Waals surface area contributed by atoms with E-state index in [1.165, 1.54) is 12.8 Å². The standard InChI is InChI=1S/C15H24N2O2/c1-2-8-18-9-10-19-12-15-5-3-4-14(17-15)11-16-13-6-7-13/h3-5,13,16H,2,6-12H2,1H3. The minimum atomic E-state index is 0.562. The molecular weight excluding hydrogens is 240 g/mol. The number of hydrogen-bond donors (Lipinski definition) is 1. The Morgan fingerprint density at radius 3 is 2.74 bits per heavy atom. The second-order valence-corrected chi connectivity index (χ2v) is 4.94. The van der Waals surface area contributed by atoms with Crippen LogP contribution in [-0.2, 0) is 22.6 Å². The van der Waals surface area contributed by atoms with E-state index in [-0.39, 0.29) is 0 Å². The maximum atomic E-state index is 5.55. The molecule has 0 bridgehead atoms. The van der Waals surface area contributed by atoms with Crippen molar-refractivity contribution in [3.8, 4) is 0 Å². The fraction of sp³-hybridized carbons (Fsp3) is 0.667. The van der Waals surface area contributed by atoms with Gasteiger partial charge in [-0.1, -0.05) is 13.0 Å². The lowest BCUT2D eigenvalue weighted by Crippen LogP contribution is -2.16. The van der Waals surface area contributed by atoms with Crippen molar-refractivity contribution in [3.63, 3.8) is 0 Å². The highest BCUT2D eigenvalue weighted by molar-refractivity contribution is 5.10. The Labute approximate surface area is 115 Å². The third kappa shape index (κ3) is 6.14. The molecule has 1 aliphatic carbocycles. The van der Waals surface area contributed by atoms with Crippen molar-refractivity contribution in [3.05, 3.63) is 29.6 Å². The lowest BCUT2D eigenvalue weighted by Gasteiger charge is -2.07. The molecule has 1 N–H and O–H groups in total. The molecule has 0 aliphatic heterocycles. The summed E-state index contributed by atoms with van der Waals surface area (Å²) in [6.07, 6.45) is 3.67. The molecule has 106 valence electrons. The summed E-state index contributed by atoms with van der Waals surface area (Å²) in [4.78, 5) is 4.58. The maximum Gasteiger partial charge on any atom is 0.0889 e. The molecule has 0 amide bonds. The molecule has 4 heteroatoms. The number of pyridine rings is 1. The van der Waals surface area contributed by atoms with E-state index in [1.807, 2.05) is 12.1 Å². The Morgan fingerprint density at radius 1 is 1.16 bits per heavy atom. The predicted molar refractivity (Wildman–Crippen MR) is 74.9 cm³/mol. The Hall–Kier alpha value is -0.970. The molecule has 0 aromatic carbocycles. The fourth-order valence-electron chi connectivity index (χ4n) is 1.79. The predicted octanol–water partition coefficient (Wildman–Crippen LogP) is 2.28. The normalized spacial score (nSPS) is 14.8. The Bertz CT molecular complexity index is 367. The SMILES string of the molecule is CCCOCCOCc1cccc(CNC2CC2)n1. The molecule has 1 heterocycles. The largest absolute Gasteiger partial charge is 0.379 e. The van der Waals surface area contributed by atoms with Crippen LogP contribution >= 0.6 is 0 Å². The van der Waals surface area contributed by atoms with Crippen molar-refractivity contribution < 1.29 is 9.47 Å². The van der Waals surface area contributed by atoms with Gasteiger partial charge in [-0.3, -0.25) is 4.98 Å². The second kappa shape index (κ2) is 8.25. The van der Waals surface area contributed by atoms with Crippen molar-refractivity contribution in [1.29, 1.82) is 0 Å². The van der Waals surface area contributed by atoms with Gasteiger partial charge < -0.3 is 14.8 Å². The molecule has 4 nitrogen and oxygen atoms in total. The quantitative estimate of drug-likeness (QED) is 0.658. The van der Waals surface area contributed by atoms with Crippen LogP contribution in [0.2, 0.25) is 0 Å². The number of aromatic nitrogens is 1. The third-order valence-corrected chi connectivity index (χ3v) is 2.98. The van der Waals surface area contributed by atoms with Gasteiger partial charge in [-0.25, -0.2) is 0 Å². The van der Waals surface area contributed by atoms with Crippen molar-refractivity contribution >= 4 is 0 Å². The van der Waals surface area contributed by atoms with Gasteiger partial charge in [0, 0.05) is 19.2 Å². The molecule has 0 unspecified atom stereocenters. The molecule has 1 aromatic rings. The van der Waals surface area contributed by atoms with Gasteiger partial charge in [0.2, 0.25) is 0 Å². The molecule has 0 saturated heterocycles. The van der Waals surface area contributed by atoms with Gasteiger partial charge in [0.15, 0.2) is 0 Å². The van der Waals surface area contributed by atoms with Crippen LogP contribution in [0.4, 0.5) is 0 Å². The van der Waals surface area contributed by atoms with Crippen LogP contribution in [0.5, 0.6) is 0 Å².